The van der Waals surface area contributed by atoms with Gasteiger partial charge in [-0.2, -0.15) is 0 Å². The van der Waals surface area contributed by atoms with Crippen molar-refractivity contribution >= 4 is 34.6 Å². The lowest BCUT2D eigenvalue weighted by Crippen LogP contribution is -2.44. The quantitative estimate of drug-likeness (QED) is 0.648. The summed E-state index contributed by atoms with van der Waals surface area (Å²) in [6.07, 6.45) is -0.149. The van der Waals surface area contributed by atoms with E-state index in [4.69, 9.17) is 16.6 Å². The molecule has 0 spiro atoms. The van der Waals surface area contributed by atoms with Crippen LogP contribution in [0.15, 0.2) is 24.3 Å². The molecule has 4 rings (SSSR count). The van der Waals surface area contributed by atoms with Gasteiger partial charge in [0.15, 0.2) is 0 Å². The first kappa shape index (κ1) is 20.6. The normalized spacial score (nSPS) is 14.5. The number of carboxylic acid groups (broad SMARTS) is 1. The molecule has 0 saturated carbocycles. The molecule has 1 aliphatic rings. The molecule has 1 aromatic heterocycles. The lowest BCUT2D eigenvalue weighted by Gasteiger charge is -2.29. The number of carbonyl (C=O) groups is 1. The van der Waals surface area contributed by atoms with Gasteiger partial charge in [-0.3, -0.25) is 4.79 Å². The van der Waals surface area contributed by atoms with E-state index in [1.807, 2.05) is 18.2 Å². The Labute approximate surface area is 179 Å². The van der Waals surface area contributed by atoms with Gasteiger partial charge in [0.2, 0.25) is 5.95 Å². The lowest BCUT2D eigenvalue weighted by molar-refractivity contribution is -0.136. The number of aromatic nitrogens is 2. The molecule has 6 nitrogen and oxygen atoms in total. The van der Waals surface area contributed by atoms with Crippen LogP contribution in [-0.2, 0) is 17.8 Å². The van der Waals surface area contributed by atoms with Crippen molar-refractivity contribution in [2.75, 3.05) is 31.1 Å². The van der Waals surface area contributed by atoms with Gasteiger partial charge in [0.1, 0.15) is 5.82 Å². The van der Waals surface area contributed by atoms with Gasteiger partial charge in [0, 0.05) is 31.2 Å². The second-order valence-corrected chi connectivity index (χ2v) is 8.22. The van der Waals surface area contributed by atoms with Gasteiger partial charge in [-0.25, -0.2) is 9.37 Å². The maximum Gasteiger partial charge on any atom is 0.307 e. The van der Waals surface area contributed by atoms with Crippen LogP contribution in [0.3, 0.4) is 0 Å². The highest BCUT2D eigenvalue weighted by Crippen LogP contribution is 2.30. The fourth-order valence-corrected chi connectivity index (χ4v) is 4.35. The number of fused-ring (bicyclic) bond motifs is 1. The Hall–Kier alpha value is -2.64. The van der Waals surface area contributed by atoms with Crippen molar-refractivity contribution in [1.82, 2.24) is 14.9 Å². The Kier molecular flexibility index (Phi) is 5.66. The number of hydrogen-bond acceptors (Lipinski definition) is 4. The van der Waals surface area contributed by atoms with Crippen molar-refractivity contribution in [3.05, 3.63) is 57.4 Å². The molecule has 2 N–H and O–H groups in total. The number of benzene rings is 2. The zero-order chi connectivity index (χ0) is 21.4. The third kappa shape index (κ3) is 4.00. The molecule has 0 bridgehead atoms. The number of hydrogen-bond donors (Lipinski definition) is 2. The first-order valence-electron chi connectivity index (χ1n) is 9.95. The second kappa shape index (κ2) is 8.24. The maximum atomic E-state index is 14.1. The summed E-state index contributed by atoms with van der Waals surface area (Å²) in [5.74, 6) is -0.343. The van der Waals surface area contributed by atoms with Gasteiger partial charge in [0.25, 0.3) is 0 Å². The van der Waals surface area contributed by atoms with Crippen molar-refractivity contribution < 1.29 is 14.3 Å². The molecule has 2 aromatic carbocycles. The van der Waals surface area contributed by atoms with Crippen LogP contribution < -0.4 is 10.2 Å². The van der Waals surface area contributed by atoms with Crippen LogP contribution in [0.2, 0.25) is 5.02 Å². The Bertz CT molecular complexity index is 1100. The summed E-state index contributed by atoms with van der Waals surface area (Å²) < 4.78 is 16.2. The largest absolute Gasteiger partial charge is 0.481 e. The molecule has 30 heavy (non-hydrogen) atoms. The maximum absolute atomic E-state index is 14.1. The molecule has 2 heterocycles. The van der Waals surface area contributed by atoms with Crippen LogP contribution in [-0.4, -0.2) is 46.8 Å². The Balaban J connectivity index is 1.88. The summed E-state index contributed by atoms with van der Waals surface area (Å²) in [6.45, 7) is 7.30. The number of rotatable bonds is 5. The molecule has 0 aliphatic carbocycles. The summed E-state index contributed by atoms with van der Waals surface area (Å²) in [7, 11) is 0. The standard InChI is InChI=1S/C22H24ClFN4O2/c1-13-7-15(8-14(2)20(13)24)12-28-18-11-17(23)9-16(10-19(29)30)21(18)26-22(28)27-5-3-25-4-6-27/h7-9,11,25H,3-6,10,12H2,1-2H3,(H,29,30). The van der Waals surface area contributed by atoms with E-state index in [1.165, 1.54) is 0 Å². The second-order valence-electron chi connectivity index (χ2n) is 7.78. The van der Waals surface area contributed by atoms with Gasteiger partial charge in [-0.15, -0.1) is 0 Å². The van der Waals surface area contributed by atoms with Crippen molar-refractivity contribution in [2.24, 2.45) is 0 Å². The van der Waals surface area contributed by atoms with Crippen molar-refractivity contribution in [2.45, 2.75) is 26.8 Å². The van der Waals surface area contributed by atoms with Crippen LogP contribution in [0.1, 0.15) is 22.3 Å². The van der Waals surface area contributed by atoms with Crippen molar-refractivity contribution in [3.8, 4) is 0 Å². The van der Waals surface area contributed by atoms with Crippen molar-refractivity contribution in [1.29, 1.82) is 0 Å². The average molecular weight is 431 g/mol. The molecule has 3 aromatic rings. The summed E-state index contributed by atoms with van der Waals surface area (Å²) in [5.41, 5.74) is 4.18. The van der Waals surface area contributed by atoms with E-state index in [-0.39, 0.29) is 12.2 Å². The van der Waals surface area contributed by atoms with Crippen LogP contribution in [0.25, 0.3) is 11.0 Å². The molecule has 0 radical (unpaired) electrons. The molecule has 0 atom stereocenters. The zero-order valence-corrected chi connectivity index (χ0v) is 17.8. The average Bonchev–Trinajstić information content (AvgIpc) is 3.05. The lowest BCUT2D eigenvalue weighted by atomic mass is 10.1. The number of halogens is 2. The van der Waals surface area contributed by atoms with E-state index in [0.29, 0.717) is 33.8 Å². The van der Waals surface area contributed by atoms with E-state index in [1.54, 1.807) is 19.9 Å². The molecular weight excluding hydrogens is 407 g/mol. The first-order chi connectivity index (χ1) is 14.3. The van der Waals surface area contributed by atoms with Crippen LogP contribution in [0.4, 0.5) is 10.3 Å². The SMILES string of the molecule is Cc1cc(Cn2c(N3CCNCC3)nc3c(CC(=O)O)cc(Cl)cc32)cc(C)c1F. The minimum atomic E-state index is -0.929. The molecule has 1 fully saturated rings. The fourth-order valence-electron chi connectivity index (χ4n) is 4.11. The van der Waals surface area contributed by atoms with Gasteiger partial charge < -0.3 is 19.9 Å². The molecule has 0 amide bonds. The fraction of sp³-hybridized carbons (Fsp3) is 0.364. The van der Waals surface area contributed by atoms with Gasteiger partial charge in [-0.05, 0) is 48.2 Å². The third-order valence-electron chi connectivity index (χ3n) is 5.46. The van der Waals surface area contributed by atoms with Crippen molar-refractivity contribution in [3.63, 3.8) is 0 Å². The highest BCUT2D eigenvalue weighted by atomic mass is 35.5. The molecule has 0 unspecified atom stereocenters. The Morgan fingerprint density at radius 3 is 2.50 bits per heavy atom. The first-order valence-corrected chi connectivity index (χ1v) is 10.3. The van der Waals surface area contributed by atoms with E-state index in [2.05, 4.69) is 14.8 Å². The third-order valence-corrected chi connectivity index (χ3v) is 5.67. The van der Waals surface area contributed by atoms with Crippen LogP contribution in [0.5, 0.6) is 0 Å². The highest BCUT2D eigenvalue weighted by molar-refractivity contribution is 6.31. The topological polar surface area (TPSA) is 70.4 Å². The minimum absolute atomic E-state index is 0.149. The van der Waals surface area contributed by atoms with E-state index in [0.717, 1.165) is 43.2 Å². The van der Waals surface area contributed by atoms with E-state index < -0.39 is 5.97 Å². The summed E-state index contributed by atoms with van der Waals surface area (Å²) in [5, 5.41) is 13.1. The molecule has 158 valence electrons. The number of piperazine rings is 1. The van der Waals surface area contributed by atoms with Crippen LogP contribution in [0, 0.1) is 19.7 Å². The minimum Gasteiger partial charge on any atom is -0.481 e. The van der Waals surface area contributed by atoms with Gasteiger partial charge >= 0.3 is 5.97 Å². The highest BCUT2D eigenvalue weighted by Gasteiger charge is 2.22. The predicted molar refractivity (Wildman–Crippen MR) is 116 cm³/mol. The van der Waals surface area contributed by atoms with Crippen LogP contribution >= 0.6 is 11.6 Å². The molecular formula is C22H24ClFN4O2. The summed E-state index contributed by atoms with van der Waals surface area (Å²) in [6, 6.07) is 7.18. The number of anilines is 1. The molecule has 1 aliphatic heterocycles. The Morgan fingerprint density at radius 2 is 1.87 bits per heavy atom. The molecule has 1 saturated heterocycles. The molecule has 8 heteroatoms. The van der Waals surface area contributed by atoms with Gasteiger partial charge in [-0.1, -0.05) is 23.7 Å². The predicted octanol–water partition coefficient (Wildman–Crippen LogP) is 3.53. The number of imidazole rings is 1. The summed E-state index contributed by atoms with van der Waals surface area (Å²) >= 11 is 6.34. The zero-order valence-electron chi connectivity index (χ0n) is 17.0. The number of aryl methyl sites for hydroxylation is 2. The smallest absolute Gasteiger partial charge is 0.307 e. The number of aliphatic carboxylic acids is 1. The number of carboxylic acids is 1. The Morgan fingerprint density at radius 1 is 1.20 bits per heavy atom. The van der Waals surface area contributed by atoms with Gasteiger partial charge in [0.05, 0.1) is 24.0 Å². The van der Waals surface area contributed by atoms with E-state index in [9.17, 15) is 14.3 Å². The van der Waals surface area contributed by atoms with E-state index >= 15 is 0 Å². The number of nitrogens with zero attached hydrogens (tertiary/aromatic N) is 3. The monoisotopic (exact) mass is 430 g/mol. The summed E-state index contributed by atoms with van der Waals surface area (Å²) in [4.78, 5) is 18.4. The number of nitrogens with one attached hydrogen (secondary N) is 1.